The highest BCUT2D eigenvalue weighted by Crippen LogP contribution is 2.33. The quantitative estimate of drug-likeness (QED) is 0.284. The summed E-state index contributed by atoms with van der Waals surface area (Å²) in [5.41, 5.74) is 9.12. The van der Waals surface area contributed by atoms with E-state index in [-0.39, 0.29) is 5.91 Å². The monoisotopic (exact) mass is 498 g/mol. The number of nitrogens with zero attached hydrogens (tertiary/aromatic N) is 2. The van der Waals surface area contributed by atoms with Gasteiger partial charge >= 0.3 is 0 Å². The predicted octanol–water partition coefficient (Wildman–Crippen LogP) is 4.08. The fourth-order valence-corrected chi connectivity index (χ4v) is 4.43. The molecule has 0 aliphatic carbocycles. The molecule has 4 aromatic rings. The van der Waals surface area contributed by atoms with E-state index < -0.39 is 11.4 Å². The second kappa shape index (κ2) is 10.4. The number of carbonyl (C=O) groups is 1. The van der Waals surface area contributed by atoms with E-state index >= 15 is 4.39 Å². The number of anilines is 3. The summed E-state index contributed by atoms with van der Waals surface area (Å²) >= 11 is 0. The van der Waals surface area contributed by atoms with E-state index in [1.807, 2.05) is 24.3 Å². The van der Waals surface area contributed by atoms with Crippen molar-refractivity contribution < 1.29 is 13.9 Å². The number of aromatic nitrogens is 2. The molecule has 1 amide bonds. The summed E-state index contributed by atoms with van der Waals surface area (Å²) < 4.78 is 21.1. The molecule has 9 heteroatoms. The Morgan fingerprint density at radius 3 is 2.76 bits per heavy atom. The molecular weight excluding hydrogens is 471 g/mol. The van der Waals surface area contributed by atoms with Crippen LogP contribution in [0.5, 0.6) is 0 Å². The first kappa shape index (κ1) is 24.5. The van der Waals surface area contributed by atoms with Crippen LogP contribution < -0.4 is 21.7 Å². The number of nitrogens with one attached hydrogen (secondary N) is 3. The van der Waals surface area contributed by atoms with Crippen LogP contribution in [-0.2, 0) is 15.1 Å². The van der Waals surface area contributed by atoms with Gasteiger partial charge < -0.3 is 26.4 Å². The van der Waals surface area contributed by atoms with Gasteiger partial charge in [-0.05, 0) is 53.6 Å². The number of benzene rings is 3. The van der Waals surface area contributed by atoms with Gasteiger partial charge in [0.25, 0.3) is 0 Å². The van der Waals surface area contributed by atoms with Gasteiger partial charge in [-0.25, -0.2) is 14.4 Å². The van der Waals surface area contributed by atoms with Crippen molar-refractivity contribution in [1.29, 1.82) is 0 Å². The molecule has 5 N–H and O–H groups in total. The maximum absolute atomic E-state index is 15.1. The molecule has 0 radical (unpaired) electrons. The van der Waals surface area contributed by atoms with Crippen LogP contribution in [0.4, 0.5) is 21.7 Å². The second-order valence-corrected chi connectivity index (χ2v) is 8.75. The molecule has 1 aromatic heterocycles. The number of hydrogen-bond acceptors (Lipinski definition) is 7. The zero-order valence-corrected chi connectivity index (χ0v) is 20.1. The standard InChI is InChI=1S/C28H27FN6O2/c1-2-24(36)33-22-5-3-4-18(14-22)25-23(29)11-6-19-15-32-27(35-26(19)25)34-21-9-7-20(8-10-21)28(16-30)17-31-12-13-37-28/h2-11,14-15,31H,1,12-13,16-17,30H2,(H,33,36)(H,32,34,35)/t28-/m0/s1. The fraction of sp³-hybridized carbons (Fsp3) is 0.179. The van der Waals surface area contributed by atoms with Crippen molar-refractivity contribution in [2.45, 2.75) is 5.60 Å². The van der Waals surface area contributed by atoms with Crippen molar-refractivity contribution in [2.24, 2.45) is 5.73 Å². The lowest BCUT2D eigenvalue weighted by Crippen LogP contribution is -2.51. The fourth-order valence-electron chi connectivity index (χ4n) is 4.43. The van der Waals surface area contributed by atoms with Crippen LogP contribution in [0.25, 0.3) is 22.0 Å². The zero-order chi connectivity index (χ0) is 25.8. The highest BCUT2D eigenvalue weighted by molar-refractivity contribution is 6.00. The molecule has 188 valence electrons. The number of fused-ring (bicyclic) bond motifs is 1. The van der Waals surface area contributed by atoms with E-state index in [1.54, 1.807) is 36.5 Å². The lowest BCUT2D eigenvalue weighted by atomic mass is 9.92. The summed E-state index contributed by atoms with van der Waals surface area (Å²) in [4.78, 5) is 20.8. The maximum Gasteiger partial charge on any atom is 0.247 e. The van der Waals surface area contributed by atoms with Crippen molar-refractivity contribution in [3.05, 3.63) is 90.9 Å². The molecule has 1 fully saturated rings. The molecule has 2 heterocycles. The zero-order valence-electron chi connectivity index (χ0n) is 20.1. The highest BCUT2D eigenvalue weighted by atomic mass is 19.1. The number of hydrogen-bond donors (Lipinski definition) is 4. The van der Waals surface area contributed by atoms with Crippen LogP contribution in [0.15, 0.2) is 79.5 Å². The van der Waals surface area contributed by atoms with Crippen LogP contribution in [0.3, 0.4) is 0 Å². The number of halogens is 1. The summed E-state index contributed by atoms with van der Waals surface area (Å²) in [6.07, 6.45) is 2.83. The molecule has 1 aliphatic rings. The average molecular weight is 499 g/mol. The third kappa shape index (κ3) is 5.05. The van der Waals surface area contributed by atoms with Crippen LogP contribution >= 0.6 is 0 Å². The Balaban J connectivity index is 1.46. The molecule has 1 aliphatic heterocycles. The second-order valence-electron chi connectivity index (χ2n) is 8.75. The van der Waals surface area contributed by atoms with Crippen molar-refractivity contribution >= 4 is 34.1 Å². The van der Waals surface area contributed by atoms with E-state index in [0.29, 0.717) is 53.4 Å². The van der Waals surface area contributed by atoms with E-state index in [1.165, 1.54) is 12.1 Å². The Bertz CT molecular complexity index is 1450. The Morgan fingerprint density at radius 2 is 2.03 bits per heavy atom. The third-order valence-corrected chi connectivity index (χ3v) is 6.37. The number of rotatable bonds is 7. The largest absolute Gasteiger partial charge is 0.366 e. The minimum Gasteiger partial charge on any atom is -0.366 e. The Morgan fingerprint density at radius 1 is 1.19 bits per heavy atom. The molecule has 1 atom stereocenters. The lowest BCUT2D eigenvalue weighted by Gasteiger charge is -2.37. The Kier molecular flexibility index (Phi) is 6.91. The minimum atomic E-state index is -0.553. The molecule has 5 rings (SSSR count). The summed E-state index contributed by atoms with van der Waals surface area (Å²) in [7, 11) is 0. The molecule has 1 saturated heterocycles. The molecule has 0 bridgehead atoms. The first-order chi connectivity index (χ1) is 18.0. The van der Waals surface area contributed by atoms with Gasteiger partial charge in [-0.3, -0.25) is 4.79 Å². The molecule has 0 spiro atoms. The topological polar surface area (TPSA) is 114 Å². The minimum absolute atomic E-state index is 0.319. The normalized spacial score (nSPS) is 17.4. The number of ether oxygens (including phenoxy) is 1. The Hall–Kier alpha value is -4.18. The summed E-state index contributed by atoms with van der Waals surface area (Å²) in [5, 5.41) is 9.93. The molecule has 37 heavy (non-hydrogen) atoms. The van der Waals surface area contributed by atoms with Crippen LogP contribution in [0, 0.1) is 5.82 Å². The van der Waals surface area contributed by atoms with Gasteiger partial charge in [0.15, 0.2) is 0 Å². The smallest absolute Gasteiger partial charge is 0.247 e. The van der Waals surface area contributed by atoms with Gasteiger partial charge in [0, 0.05) is 48.2 Å². The Labute approximate surface area is 213 Å². The average Bonchev–Trinajstić information content (AvgIpc) is 2.93. The van der Waals surface area contributed by atoms with Crippen molar-refractivity contribution in [1.82, 2.24) is 15.3 Å². The highest BCUT2D eigenvalue weighted by Gasteiger charge is 2.33. The van der Waals surface area contributed by atoms with Crippen molar-refractivity contribution in [3.8, 4) is 11.1 Å². The molecule has 8 nitrogen and oxygen atoms in total. The number of amides is 1. The predicted molar refractivity (Wildman–Crippen MR) is 143 cm³/mol. The van der Waals surface area contributed by atoms with Gasteiger partial charge in [-0.2, -0.15) is 0 Å². The maximum atomic E-state index is 15.1. The molecular formula is C28H27FN6O2. The molecule has 0 unspecified atom stereocenters. The van der Waals surface area contributed by atoms with Gasteiger partial charge in [0.1, 0.15) is 11.4 Å². The number of morpholine rings is 1. The van der Waals surface area contributed by atoms with Gasteiger partial charge in [-0.15, -0.1) is 0 Å². The van der Waals surface area contributed by atoms with Crippen LogP contribution in [-0.4, -0.2) is 42.1 Å². The van der Waals surface area contributed by atoms with E-state index in [2.05, 4.69) is 32.5 Å². The van der Waals surface area contributed by atoms with E-state index in [9.17, 15) is 4.79 Å². The first-order valence-corrected chi connectivity index (χ1v) is 11.9. The number of carbonyl (C=O) groups excluding carboxylic acids is 1. The van der Waals surface area contributed by atoms with Crippen LogP contribution in [0.2, 0.25) is 0 Å². The van der Waals surface area contributed by atoms with E-state index in [0.717, 1.165) is 17.8 Å². The van der Waals surface area contributed by atoms with Crippen molar-refractivity contribution in [3.63, 3.8) is 0 Å². The van der Waals surface area contributed by atoms with Gasteiger partial charge in [-0.1, -0.05) is 30.8 Å². The molecule has 0 saturated carbocycles. The summed E-state index contributed by atoms with van der Waals surface area (Å²) in [5.74, 6) is -0.451. The SMILES string of the molecule is C=CC(=O)Nc1cccc(-c2c(F)ccc3cnc(Nc4ccc([C@]5(CN)CNCCO5)cc4)nc23)c1. The first-order valence-electron chi connectivity index (χ1n) is 11.9. The van der Waals surface area contributed by atoms with Gasteiger partial charge in [0.2, 0.25) is 11.9 Å². The number of nitrogens with two attached hydrogens (primary N) is 1. The summed E-state index contributed by atoms with van der Waals surface area (Å²) in [6, 6.07) is 17.7. The lowest BCUT2D eigenvalue weighted by molar-refractivity contribution is -0.111. The van der Waals surface area contributed by atoms with Gasteiger partial charge in [0.05, 0.1) is 12.1 Å². The van der Waals surface area contributed by atoms with E-state index in [4.69, 9.17) is 10.5 Å². The third-order valence-electron chi connectivity index (χ3n) is 6.37. The summed E-state index contributed by atoms with van der Waals surface area (Å²) in [6.45, 7) is 5.88. The molecule has 3 aromatic carbocycles. The van der Waals surface area contributed by atoms with Crippen molar-refractivity contribution in [2.75, 3.05) is 36.9 Å². The van der Waals surface area contributed by atoms with Crippen LogP contribution in [0.1, 0.15) is 5.56 Å².